The minimum absolute atomic E-state index is 0.227. The summed E-state index contributed by atoms with van der Waals surface area (Å²) in [5, 5.41) is 0. The molecule has 0 saturated carbocycles. The van der Waals surface area contributed by atoms with Gasteiger partial charge in [-0.1, -0.05) is 0 Å². The third kappa shape index (κ3) is 1.30. The molecule has 1 heterocycles. The fourth-order valence-electron chi connectivity index (χ4n) is 1.42. The number of hydrogen-bond donors (Lipinski definition) is 0. The number of likely N-dealkylation sites (tertiary alicyclic amines) is 1. The second-order valence-corrected chi connectivity index (χ2v) is 2.75. The molecule has 1 aliphatic rings. The molecule has 0 aromatic rings. The Morgan fingerprint density at radius 1 is 1.67 bits per heavy atom. The van der Waals surface area contributed by atoms with E-state index < -0.39 is 0 Å². The van der Waals surface area contributed by atoms with Crippen LogP contribution in [0.1, 0.15) is 19.8 Å². The van der Waals surface area contributed by atoms with Crippen LogP contribution in [0.25, 0.3) is 0 Å². The lowest BCUT2D eigenvalue weighted by Crippen LogP contribution is -2.30. The van der Waals surface area contributed by atoms with Crippen LogP contribution in [-0.4, -0.2) is 30.3 Å². The second-order valence-electron chi connectivity index (χ2n) is 2.75. The molecule has 1 saturated heterocycles. The number of carbonyl (C=O) groups is 1. The lowest BCUT2D eigenvalue weighted by atomic mass is 10.1. The van der Waals surface area contributed by atoms with Gasteiger partial charge in [0.2, 0.25) is 0 Å². The fourth-order valence-corrected chi connectivity index (χ4v) is 1.42. The van der Waals surface area contributed by atoms with Crippen molar-refractivity contribution in [1.82, 2.24) is 4.90 Å². The van der Waals surface area contributed by atoms with E-state index in [4.69, 9.17) is 0 Å². The van der Waals surface area contributed by atoms with E-state index in [0.717, 1.165) is 13.0 Å². The Balaban J connectivity index is 2.49. The summed E-state index contributed by atoms with van der Waals surface area (Å²) >= 11 is 0. The molecule has 1 fully saturated rings. The number of Topliss-reactive ketones (excluding diaryl/α,β-unsaturated/α-hetero) is 1. The van der Waals surface area contributed by atoms with Crippen molar-refractivity contribution >= 4 is 5.78 Å². The van der Waals surface area contributed by atoms with Gasteiger partial charge in [-0.05, 0) is 33.4 Å². The Morgan fingerprint density at radius 2 is 2.33 bits per heavy atom. The number of ketones is 1. The van der Waals surface area contributed by atoms with Crippen molar-refractivity contribution in [1.29, 1.82) is 0 Å². The predicted molar refractivity (Wildman–Crippen MR) is 36.3 cm³/mol. The fraction of sp³-hybridized carbons (Fsp3) is 0.857. The first-order chi connectivity index (χ1) is 4.22. The Kier molecular flexibility index (Phi) is 1.86. The van der Waals surface area contributed by atoms with E-state index in [1.165, 1.54) is 6.42 Å². The predicted octanol–water partition coefficient (Wildman–Crippen LogP) is 0.670. The first-order valence-corrected chi connectivity index (χ1v) is 3.42. The summed E-state index contributed by atoms with van der Waals surface area (Å²) in [6.45, 7) is 2.76. The lowest BCUT2D eigenvalue weighted by Gasteiger charge is -2.14. The van der Waals surface area contributed by atoms with Crippen molar-refractivity contribution < 1.29 is 4.79 Å². The molecule has 0 bridgehead atoms. The van der Waals surface area contributed by atoms with Gasteiger partial charge in [-0.25, -0.2) is 0 Å². The van der Waals surface area contributed by atoms with Crippen LogP contribution in [-0.2, 0) is 4.79 Å². The molecule has 0 N–H and O–H groups in total. The minimum atomic E-state index is 0.227. The molecule has 0 radical (unpaired) electrons. The van der Waals surface area contributed by atoms with E-state index in [2.05, 4.69) is 4.90 Å². The summed E-state index contributed by atoms with van der Waals surface area (Å²) < 4.78 is 0. The molecule has 0 aliphatic carbocycles. The van der Waals surface area contributed by atoms with Gasteiger partial charge in [-0.2, -0.15) is 0 Å². The summed E-state index contributed by atoms with van der Waals surface area (Å²) in [6.07, 6.45) is 2.24. The molecule has 0 amide bonds. The molecule has 2 heteroatoms. The average molecular weight is 127 g/mol. The Bertz CT molecular complexity index is 122. The number of hydrogen-bond acceptors (Lipinski definition) is 2. The Hall–Kier alpha value is -0.370. The monoisotopic (exact) mass is 127 g/mol. The summed E-state index contributed by atoms with van der Waals surface area (Å²) in [7, 11) is 2.01. The quantitative estimate of drug-likeness (QED) is 0.516. The van der Waals surface area contributed by atoms with Crippen LogP contribution in [0.15, 0.2) is 0 Å². The maximum atomic E-state index is 10.8. The highest BCUT2D eigenvalue weighted by Crippen LogP contribution is 2.14. The molecule has 0 spiro atoms. The van der Waals surface area contributed by atoms with Crippen LogP contribution in [0.3, 0.4) is 0 Å². The van der Waals surface area contributed by atoms with Crippen molar-refractivity contribution in [3.63, 3.8) is 0 Å². The third-order valence-corrected chi connectivity index (χ3v) is 1.99. The van der Waals surface area contributed by atoms with Crippen molar-refractivity contribution in [2.75, 3.05) is 13.6 Å². The topological polar surface area (TPSA) is 20.3 Å². The van der Waals surface area contributed by atoms with Crippen LogP contribution in [0.2, 0.25) is 0 Å². The van der Waals surface area contributed by atoms with E-state index in [9.17, 15) is 4.79 Å². The van der Waals surface area contributed by atoms with E-state index in [0.29, 0.717) is 5.78 Å². The molecular formula is C7H13NO. The lowest BCUT2D eigenvalue weighted by molar-refractivity contribution is -0.120. The first kappa shape index (κ1) is 6.75. The minimum Gasteiger partial charge on any atom is -0.298 e. The maximum absolute atomic E-state index is 10.8. The molecule has 1 atom stereocenters. The van der Waals surface area contributed by atoms with Gasteiger partial charge in [-0.3, -0.25) is 9.69 Å². The van der Waals surface area contributed by atoms with E-state index in [-0.39, 0.29) is 6.04 Å². The molecular weight excluding hydrogens is 114 g/mol. The smallest absolute Gasteiger partial charge is 0.146 e. The molecule has 1 rings (SSSR count). The van der Waals surface area contributed by atoms with Crippen molar-refractivity contribution in [2.24, 2.45) is 0 Å². The zero-order valence-corrected chi connectivity index (χ0v) is 6.05. The normalized spacial score (nSPS) is 28.9. The van der Waals surface area contributed by atoms with Gasteiger partial charge in [0.15, 0.2) is 0 Å². The molecule has 0 aromatic carbocycles. The van der Waals surface area contributed by atoms with Crippen LogP contribution in [0.5, 0.6) is 0 Å². The highest BCUT2D eigenvalue weighted by Gasteiger charge is 2.23. The van der Waals surface area contributed by atoms with Crippen molar-refractivity contribution in [2.45, 2.75) is 25.8 Å². The van der Waals surface area contributed by atoms with Gasteiger partial charge in [-0.15, -0.1) is 0 Å². The summed E-state index contributed by atoms with van der Waals surface area (Å²) in [5.41, 5.74) is 0. The number of nitrogens with zero attached hydrogens (tertiary/aromatic N) is 1. The maximum Gasteiger partial charge on any atom is 0.146 e. The standard InChI is InChI=1S/C7H13NO/c1-6(9)7-4-3-5-8(7)2/h7H,3-5H2,1-2H3/t7-/m0/s1. The van der Waals surface area contributed by atoms with Gasteiger partial charge >= 0.3 is 0 Å². The van der Waals surface area contributed by atoms with E-state index in [1.54, 1.807) is 6.92 Å². The molecule has 1 aliphatic heterocycles. The van der Waals surface area contributed by atoms with Crippen LogP contribution in [0, 0.1) is 0 Å². The number of rotatable bonds is 1. The van der Waals surface area contributed by atoms with Crippen molar-refractivity contribution in [3.8, 4) is 0 Å². The van der Waals surface area contributed by atoms with Gasteiger partial charge < -0.3 is 0 Å². The van der Waals surface area contributed by atoms with Gasteiger partial charge in [0, 0.05) is 0 Å². The first-order valence-electron chi connectivity index (χ1n) is 3.42. The van der Waals surface area contributed by atoms with Gasteiger partial charge in [0.1, 0.15) is 5.78 Å². The van der Waals surface area contributed by atoms with Gasteiger partial charge in [0.05, 0.1) is 6.04 Å². The van der Waals surface area contributed by atoms with Gasteiger partial charge in [0.25, 0.3) is 0 Å². The van der Waals surface area contributed by atoms with Crippen molar-refractivity contribution in [3.05, 3.63) is 0 Å². The van der Waals surface area contributed by atoms with Crippen LogP contribution < -0.4 is 0 Å². The largest absolute Gasteiger partial charge is 0.298 e. The second kappa shape index (κ2) is 2.48. The van der Waals surface area contributed by atoms with E-state index in [1.807, 2.05) is 7.05 Å². The van der Waals surface area contributed by atoms with Crippen LogP contribution >= 0.6 is 0 Å². The summed E-state index contributed by atoms with van der Waals surface area (Å²) in [6, 6.07) is 0.227. The molecule has 0 unspecified atom stereocenters. The van der Waals surface area contributed by atoms with Crippen LogP contribution in [0.4, 0.5) is 0 Å². The zero-order chi connectivity index (χ0) is 6.85. The highest BCUT2D eigenvalue weighted by atomic mass is 16.1. The highest BCUT2D eigenvalue weighted by molar-refractivity contribution is 5.81. The molecule has 52 valence electrons. The third-order valence-electron chi connectivity index (χ3n) is 1.99. The summed E-state index contributed by atoms with van der Waals surface area (Å²) in [5.74, 6) is 0.315. The molecule has 0 aromatic heterocycles. The molecule has 9 heavy (non-hydrogen) atoms. The molecule has 2 nitrogen and oxygen atoms in total. The SMILES string of the molecule is CC(=O)[C@@H]1CCCN1C. The number of likely N-dealkylation sites (N-methyl/N-ethyl adjacent to an activating group) is 1. The average Bonchev–Trinajstić information content (AvgIpc) is 2.13. The Morgan fingerprint density at radius 3 is 2.56 bits per heavy atom. The Labute approximate surface area is 55.8 Å². The summed E-state index contributed by atoms with van der Waals surface area (Å²) in [4.78, 5) is 12.9. The van der Waals surface area contributed by atoms with E-state index >= 15 is 0 Å². The zero-order valence-electron chi connectivity index (χ0n) is 6.05. The number of carbonyl (C=O) groups excluding carboxylic acids is 1.